The molecule has 3 rings (SSSR count). The molecule has 1 saturated heterocycles. The van der Waals surface area contributed by atoms with Gasteiger partial charge in [0.15, 0.2) is 0 Å². The number of hydrogen-bond donors (Lipinski definition) is 1. The average Bonchev–Trinajstić information content (AvgIpc) is 2.62. The van der Waals surface area contributed by atoms with Crippen molar-refractivity contribution in [3.8, 4) is 0 Å². The maximum Gasteiger partial charge on any atom is 0.308 e. The van der Waals surface area contributed by atoms with Gasteiger partial charge in [-0.25, -0.2) is 9.97 Å². The third kappa shape index (κ3) is 3.38. The van der Waals surface area contributed by atoms with Crippen molar-refractivity contribution < 1.29 is 14.7 Å². The normalized spacial score (nSPS) is 20.6. The molecule has 7 heteroatoms. The quantitative estimate of drug-likeness (QED) is 0.923. The van der Waals surface area contributed by atoms with Crippen LogP contribution in [0, 0.1) is 5.92 Å². The number of benzene rings is 1. The molecular weight excluding hydrogens is 330 g/mol. The van der Waals surface area contributed by atoms with Gasteiger partial charge in [0.05, 0.1) is 10.9 Å². The number of carboxylic acid groups (broad SMARTS) is 1. The number of aliphatic carboxylic acids is 1. The van der Waals surface area contributed by atoms with Crippen LogP contribution in [0.25, 0.3) is 0 Å². The van der Waals surface area contributed by atoms with Gasteiger partial charge < -0.3 is 10.0 Å². The first-order valence-electron chi connectivity index (χ1n) is 7.58. The summed E-state index contributed by atoms with van der Waals surface area (Å²) in [4.78, 5) is 33.5. The van der Waals surface area contributed by atoms with Crippen molar-refractivity contribution >= 4 is 23.5 Å². The molecule has 24 heavy (non-hydrogen) atoms. The summed E-state index contributed by atoms with van der Waals surface area (Å²) in [5.41, 5.74) is 1.12. The fourth-order valence-corrected chi connectivity index (χ4v) is 3.22. The Morgan fingerprint density at radius 2 is 1.96 bits per heavy atom. The van der Waals surface area contributed by atoms with E-state index < -0.39 is 11.9 Å². The first-order chi connectivity index (χ1) is 11.6. The minimum absolute atomic E-state index is 0.0365. The molecular formula is C17H16ClN3O3. The van der Waals surface area contributed by atoms with Crippen molar-refractivity contribution in [3.05, 3.63) is 59.1 Å². The molecule has 0 saturated carbocycles. The van der Waals surface area contributed by atoms with Crippen LogP contribution in [0.1, 0.15) is 28.4 Å². The van der Waals surface area contributed by atoms with Gasteiger partial charge in [-0.15, -0.1) is 0 Å². The van der Waals surface area contributed by atoms with Crippen LogP contribution < -0.4 is 0 Å². The summed E-state index contributed by atoms with van der Waals surface area (Å²) in [5.74, 6) is -1.92. The van der Waals surface area contributed by atoms with Gasteiger partial charge in [0.25, 0.3) is 5.91 Å². The maximum absolute atomic E-state index is 12.7. The van der Waals surface area contributed by atoms with Crippen LogP contribution in [0.2, 0.25) is 5.02 Å². The Balaban J connectivity index is 1.88. The Morgan fingerprint density at radius 3 is 2.62 bits per heavy atom. The topological polar surface area (TPSA) is 83.4 Å². The number of carbonyl (C=O) groups excluding carboxylic acids is 1. The zero-order valence-corrected chi connectivity index (χ0v) is 13.6. The van der Waals surface area contributed by atoms with E-state index >= 15 is 0 Å². The first kappa shape index (κ1) is 16.4. The number of piperidine rings is 1. The number of carbonyl (C=O) groups is 2. The van der Waals surface area contributed by atoms with E-state index in [0.717, 1.165) is 5.56 Å². The van der Waals surface area contributed by atoms with E-state index in [-0.39, 0.29) is 29.1 Å². The minimum Gasteiger partial charge on any atom is -0.481 e. The highest BCUT2D eigenvalue weighted by Crippen LogP contribution is 2.31. The van der Waals surface area contributed by atoms with E-state index in [2.05, 4.69) is 9.97 Å². The van der Waals surface area contributed by atoms with Crippen LogP contribution in [-0.2, 0) is 4.79 Å². The van der Waals surface area contributed by atoms with Crippen LogP contribution in [0.5, 0.6) is 0 Å². The molecule has 0 spiro atoms. The number of amides is 1. The third-order valence-corrected chi connectivity index (χ3v) is 4.50. The summed E-state index contributed by atoms with van der Waals surface area (Å²) in [5, 5.41) is 9.60. The van der Waals surface area contributed by atoms with E-state index in [4.69, 9.17) is 11.6 Å². The monoisotopic (exact) mass is 345 g/mol. The van der Waals surface area contributed by atoms with E-state index in [1.54, 1.807) is 0 Å². The summed E-state index contributed by atoms with van der Waals surface area (Å²) >= 11 is 6.00. The number of halogens is 1. The van der Waals surface area contributed by atoms with Crippen LogP contribution in [0.15, 0.2) is 42.9 Å². The molecule has 1 N–H and O–H groups in total. The molecule has 1 aromatic carbocycles. The molecule has 6 nitrogen and oxygen atoms in total. The van der Waals surface area contributed by atoms with Gasteiger partial charge in [-0.3, -0.25) is 9.59 Å². The highest BCUT2D eigenvalue weighted by Gasteiger charge is 2.35. The second kappa shape index (κ2) is 6.97. The van der Waals surface area contributed by atoms with E-state index in [1.807, 2.05) is 30.3 Å². The van der Waals surface area contributed by atoms with Gasteiger partial charge in [-0.1, -0.05) is 41.9 Å². The van der Waals surface area contributed by atoms with Crippen molar-refractivity contribution in [1.29, 1.82) is 0 Å². The van der Waals surface area contributed by atoms with Crippen molar-refractivity contribution in [2.75, 3.05) is 13.1 Å². The molecule has 1 amide bonds. The highest BCUT2D eigenvalue weighted by atomic mass is 35.5. The summed E-state index contributed by atoms with van der Waals surface area (Å²) in [6.45, 7) is 0.588. The van der Waals surface area contributed by atoms with Crippen LogP contribution >= 0.6 is 11.6 Å². The number of nitrogens with zero attached hydrogens (tertiary/aromatic N) is 3. The second-order valence-corrected chi connectivity index (χ2v) is 6.22. The first-order valence-corrected chi connectivity index (χ1v) is 7.96. The van der Waals surface area contributed by atoms with Gasteiger partial charge in [-0.05, 0) is 12.0 Å². The largest absolute Gasteiger partial charge is 0.481 e. The molecule has 1 aliphatic heterocycles. The van der Waals surface area contributed by atoms with Crippen molar-refractivity contribution in [1.82, 2.24) is 14.9 Å². The Hall–Kier alpha value is -2.47. The Kier molecular flexibility index (Phi) is 4.76. The Bertz CT molecular complexity index is 754. The number of carboxylic acids is 1. The van der Waals surface area contributed by atoms with E-state index in [1.165, 1.54) is 17.4 Å². The maximum atomic E-state index is 12.7. The van der Waals surface area contributed by atoms with Crippen LogP contribution in [0.4, 0.5) is 0 Å². The Morgan fingerprint density at radius 1 is 1.21 bits per heavy atom. The number of hydrogen-bond acceptors (Lipinski definition) is 4. The lowest BCUT2D eigenvalue weighted by Gasteiger charge is -2.36. The molecule has 2 heterocycles. The predicted molar refractivity (Wildman–Crippen MR) is 87.9 cm³/mol. The standard InChI is InChI=1S/C17H16ClN3O3/c18-14-7-19-10-20-15(14)16(22)21-8-12(6-13(9-21)17(23)24)11-4-2-1-3-5-11/h1-5,7,10,12-13H,6,8-9H2,(H,23,24)/t12-,13+/m1/s1. The zero-order chi connectivity index (χ0) is 17.1. The molecule has 1 aliphatic rings. The van der Waals surface area contributed by atoms with Gasteiger partial charge in [0.1, 0.15) is 12.0 Å². The molecule has 1 aromatic heterocycles. The minimum atomic E-state index is -0.901. The van der Waals surface area contributed by atoms with Gasteiger partial charge in [0, 0.05) is 25.2 Å². The molecule has 0 radical (unpaired) electrons. The Labute approximate surface area is 144 Å². The number of rotatable bonds is 3. The fraction of sp³-hybridized carbons (Fsp3) is 0.294. The van der Waals surface area contributed by atoms with Gasteiger partial charge in [-0.2, -0.15) is 0 Å². The molecule has 0 aliphatic carbocycles. The zero-order valence-electron chi connectivity index (χ0n) is 12.8. The SMILES string of the molecule is O=C(O)[C@H]1C[C@@H](c2ccccc2)CN(C(=O)c2ncncc2Cl)C1. The van der Waals surface area contributed by atoms with Crippen LogP contribution in [0.3, 0.4) is 0 Å². The average molecular weight is 346 g/mol. The number of aromatic nitrogens is 2. The van der Waals surface area contributed by atoms with Gasteiger partial charge >= 0.3 is 5.97 Å². The second-order valence-electron chi connectivity index (χ2n) is 5.81. The lowest BCUT2D eigenvalue weighted by atomic mass is 9.84. The van der Waals surface area contributed by atoms with Crippen molar-refractivity contribution in [3.63, 3.8) is 0 Å². The van der Waals surface area contributed by atoms with E-state index in [0.29, 0.717) is 13.0 Å². The molecule has 2 aromatic rings. The lowest BCUT2D eigenvalue weighted by Crippen LogP contribution is -2.45. The number of likely N-dealkylation sites (tertiary alicyclic amines) is 1. The molecule has 1 fully saturated rings. The molecule has 2 atom stereocenters. The summed E-state index contributed by atoms with van der Waals surface area (Å²) in [6.07, 6.45) is 3.11. The predicted octanol–water partition coefficient (Wildman–Crippen LogP) is 2.46. The summed E-state index contributed by atoms with van der Waals surface area (Å²) < 4.78 is 0. The summed E-state index contributed by atoms with van der Waals surface area (Å²) in [6, 6.07) is 9.63. The van der Waals surface area contributed by atoms with Crippen LogP contribution in [-0.4, -0.2) is 44.9 Å². The van der Waals surface area contributed by atoms with Crippen molar-refractivity contribution in [2.24, 2.45) is 5.92 Å². The third-order valence-electron chi connectivity index (χ3n) is 4.23. The van der Waals surface area contributed by atoms with E-state index in [9.17, 15) is 14.7 Å². The summed E-state index contributed by atoms with van der Waals surface area (Å²) in [7, 11) is 0. The molecule has 124 valence electrons. The highest BCUT2D eigenvalue weighted by molar-refractivity contribution is 6.33. The van der Waals surface area contributed by atoms with Crippen molar-refractivity contribution in [2.45, 2.75) is 12.3 Å². The fourth-order valence-electron chi connectivity index (χ4n) is 3.03. The van der Waals surface area contributed by atoms with Gasteiger partial charge in [0.2, 0.25) is 0 Å². The molecule has 0 bridgehead atoms. The smallest absolute Gasteiger partial charge is 0.308 e. The molecule has 0 unspecified atom stereocenters. The lowest BCUT2D eigenvalue weighted by molar-refractivity contribution is -0.143.